The van der Waals surface area contributed by atoms with Crippen LogP contribution in [0.2, 0.25) is 0 Å². The quantitative estimate of drug-likeness (QED) is 0.410. The Morgan fingerprint density at radius 3 is 2.40 bits per heavy atom. The molecule has 0 saturated carbocycles. The summed E-state index contributed by atoms with van der Waals surface area (Å²) >= 11 is 0. The molecule has 9 nitrogen and oxygen atoms in total. The molecule has 0 aliphatic rings. The van der Waals surface area contributed by atoms with E-state index in [0.717, 1.165) is 17.7 Å². The van der Waals surface area contributed by atoms with Gasteiger partial charge in [0.1, 0.15) is 11.8 Å². The van der Waals surface area contributed by atoms with E-state index in [4.69, 9.17) is 4.42 Å². The van der Waals surface area contributed by atoms with Gasteiger partial charge in [-0.1, -0.05) is 18.2 Å². The number of nitrogens with one attached hydrogen (secondary N) is 1. The number of benzene rings is 2. The maximum absolute atomic E-state index is 12.6. The van der Waals surface area contributed by atoms with E-state index in [1.807, 2.05) is 37.4 Å². The Balaban J connectivity index is 1.70. The normalized spacial score (nSPS) is 11.5. The molecule has 178 valence electrons. The number of aromatic nitrogens is 4. The van der Waals surface area contributed by atoms with Crippen LogP contribution in [-0.4, -0.2) is 40.9 Å². The van der Waals surface area contributed by atoms with E-state index in [9.17, 15) is 13.7 Å². The van der Waals surface area contributed by atoms with E-state index in [1.54, 1.807) is 33.0 Å². The van der Waals surface area contributed by atoms with Gasteiger partial charge in [0.15, 0.2) is 9.84 Å². The Bertz CT molecular complexity index is 1520. The van der Waals surface area contributed by atoms with Gasteiger partial charge < -0.3 is 9.73 Å². The van der Waals surface area contributed by atoms with E-state index in [1.165, 1.54) is 12.1 Å². The first-order valence-electron chi connectivity index (χ1n) is 10.9. The zero-order valence-corrected chi connectivity index (χ0v) is 20.6. The van der Waals surface area contributed by atoms with Crippen molar-refractivity contribution >= 4 is 9.84 Å². The monoisotopic (exact) mass is 488 g/mol. The van der Waals surface area contributed by atoms with Gasteiger partial charge in [-0.2, -0.15) is 5.26 Å². The summed E-state index contributed by atoms with van der Waals surface area (Å²) in [6, 6.07) is 14.3. The van der Waals surface area contributed by atoms with E-state index in [0.29, 0.717) is 28.5 Å². The standard InChI is InChI=1S/C25H24N6O3S/c1-15(2)35(32,33)22-10-9-19(11-20(22)12-26)21-14-28-16(3)23(29-21)25-31-30-24(34-25)18-7-5-17(6-8-18)13-27-4/h5-11,14-15,27H,13H2,1-4H3. The molecule has 4 aromatic rings. The van der Waals surface area contributed by atoms with E-state index in [2.05, 4.69) is 25.5 Å². The highest BCUT2D eigenvalue weighted by Crippen LogP contribution is 2.29. The van der Waals surface area contributed by atoms with Crippen molar-refractivity contribution in [2.75, 3.05) is 7.05 Å². The maximum Gasteiger partial charge on any atom is 0.268 e. The van der Waals surface area contributed by atoms with E-state index in [-0.39, 0.29) is 16.3 Å². The van der Waals surface area contributed by atoms with Gasteiger partial charge in [-0.3, -0.25) is 4.98 Å². The SMILES string of the molecule is CNCc1ccc(-c2nnc(-c3nc(-c4ccc(S(=O)(=O)C(C)C)c(C#N)c4)cnc3C)o2)cc1. The zero-order valence-electron chi connectivity index (χ0n) is 19.8. The van der Waals surface area contributed by atoms with Crippen molar-refractivity contribution in [3.05, 3.63) is 65.5 Å². The number of hydrogen-bond acceptors (Lipinski definition) is 9. The molecule has 2 heterocycles. The number of rotatable bonds is 7. The van der Waals surface area contributed by atoms with Crippen molar-refractivity contribution in [1.29, 1.82) is 5.26 Å². The first-order chi connectivity index (χ1) is 16.7. The highest BCUT2D eigenvalue weighted by molar-refractivity contribution is 7.92. The Hall–Kier alpha value is -3.94. The average Bonchev–Trinajstić information content (AvgIpc) is 3.34. The van der Waals surface area contributed by atoms with Crippen LogP contribution in [0, 0.1) is 18.3 Å². The fraction of sp³-hybridized carbons (Fsp3) is 0.240. The predicted molar refractivity (Wildman–Crippen MR) is 131 cm³/mol. The van der Waals surface area contributed by atoms with Gasteiger partial charge in [-0.05, 0) is 57.6 Å². The number of sulfone groups is 1. The van der Waals surface area contributed by atoms with Crippen LogP contribution in [0.5, 0.6) is 0 Å². The summed E-state index contributed by atoms with van der Waals surface area (Å²) in [6.45, 7) is 5.70. The Kier molecular flexibility index (Phi) is 6.73. The largest absolute Gasteiger partial charge is 0.415 e. The lowest BCUT2D eigenvalue weighted by Gasteiger charge is -2.11. The second-order valence-electron chi connectivity index (χ2n) is 8.25. The van der Waals surface area contributed by atoms with Crippen molar-refractivity contribution in [3.63, 3.8) is 0 Å². The minimum Gasteiger partial charge on any atom is -0.415 e. The molecular formula is C25H24N6O3S. The molecule has 4 rings (SSSR count). The number of nitrogens with zero attached hydrogens (tertiary/aromatic N) is 5. The van der Waals surface area contributed by atoms with Gasteiger partial charge in [-0.15, -0.1) is 10.2 Å². The van der Waals surface area contributed by atoms with Crippen LogP contribution >= 0.6 is 0 Å². The first kappa shape index (κ1) is 24.2. The highest BCUT2D eigenvalue weighted by Gasteiger charge is 2.24. The molecule has 2 aromatic carbocycles. The molecule has 0 saturated heterocycles. The van der Waals surface area contributed by atoms with Gasteiger partial charge in [0, 0.05) is 17.7 Å². The molecule has 0 bridgehead atoms. The Morgan fingerprint density at radius 2 is 1.74 bits per heavy atom. The molecule has 0 fully saturated rings. The van der Waals surface area contributed by atoms with Crippen molar-refractivity contribution in [2.45, 2.75) is 37.5 Å². The summed E-state index contributed by atoms with van der Waals surface area (Å²) in [5.41, 5.74) is 3.98. The molecule has 0 aliphatic heterocycles. The number of aryl methyl sites for hydroxylation is 1. The van der Waals surface area contributed by atoms with Crippen LogP contribution < -0.4 is 5.32 Å². The summed E-state index contributed by atoms with van der Waals surface area (Å²) in [7, 11) is -1.71. The second kappa shape index (κ2) is 9.74. The van der Waals surface area contributed by atoms with Crippen LogP contribution in [-0.2, 0) is 16.4 Å². The summed E-state index contributed by atoms with van der Waals surface area (Å²) in [5.74, 6) is 0.572. The summed E-state index contributed by atoms with van der Waals surface area (Å²) in [5, 5.41) is 20.4. The minimum absolute atomic E-state index is 0.00123. The number of hydrogen-bond donors (Lipinski definition) is 1. The van der Waals surface area contributed by atoms with Crippen molar-refractivity contribution in [1.82, 2.24) is 25.5 Å². The van der Waals surface area contributed by atoms with Gasteiger partial charge in [-0.25, -0.2) is 13.4 Å². The molecule has 0 amide bonds. The lowest BCUT2D eigenvalue weighted by atomic mass is 10.1. The third-order valence-corrected chi connectivity index (χ3v) is 7.70. The lowest BCUT2D eigenvalue weighted by Crippen LogP contribution is -2.15. The molecule has 0 atom stereocenters. The topological polar surface area (TPSA) is 135 Å². The van der Waals surface area contributed by atoms with Gasteiger partial charge >= 0.3 is 0 Å². The van der Waals surface area contributed by atoms with Crippen LogP contribution in [0.1, 0.15) is 30.7 Å². The summed E-state index contributed by atoms with van der Waals surface area (Å²) in [6.07, 6.45) is 1.56. The van der Waals surface area contributed by atoms with Crippen LogP contribution in [0.25, 0.3) is 34.3 Å². The molecule has 0 aliphatic carbocycles. The third kappa shape index (κ3) is 4.82. The number of nitriles is 1. The molecule has 10 heteroatoms. The molecule has 0 radical (unpaired) electrons. The van der Waals surface area contributed by atoms with Crippen molar-refractivity contribution in [3.8, 4) is 40.4 Å². The van der Waals surface area contributed by atoms with Gasteiger partial charge in [0.05, 0.1) is 33.3 Å². The van der Waals surface area contributed by atoms with Crippen LogP contribution in [0.4, 0.5) is 0 Å². The van der Waals surface area contributed by atoms with Crippen molar-refractivity contribution in [2.24, 2.45) is 0 Å². The molecule has 2 aromatic heterocycles. The van der Waals surface area contributed by atoms with Crippen molar-refractivity contribution < 1.29 is 12.8 Å². The smallest absolute Gasteiger partial charge is 0.268 e. The Labute approximate surface area is 203 Å². The zero-order chi connectivity index (χ0) is 25.2. The summed E-state index contributed by atoms with van der Waals surface area (Å²) in [4.78, 5) is 9.04. The molecular weight excluding hydrogens is 464 g/mol. The highest BCUT2D eigenvalue weighted by atomic mass is 32.2. The minimum atomic E-state index is -3.60. The lowest BCUT2D eigenvalue weighted by molar-refractivity contribution is 0.581. The molecule has 0 unspecified atom stereocenters. The third-order valence-electron chi connectivity index (χ3n) is 5.49. The molecule has 35 heavy (non-hydrogen) atoms. The van der Waals surface area contributed by atoms with Gasteiger partial charge in [0.2, 0.25) is 5.89 Å². The van der Waals surface area contributed by atoms with Gasteiger partial charge in [0.25, 0.3) is 5.89 Å². The summed E-state index contributed by atoms with van der Waals surface area (Å²) < 4.78 is 31.1. The fourth-order valence-electron chi connectivity index (χ4n) is 3.47. The predicted octanol–water partition coefficient (Wildman–Crippen LogP) is 3.94. The van der Waals surface area contributed by atoms with Crippen LogP contribution in [0.15, 0.2) is 58.0 Å². The molecule has 0 spiro atoms. The molecule has 1 N–H and O–H groups in total. The Morgan fingerprint density at radius 1 is 1.06 bits per heavy atom. The second-order valence-corrected chi connectivity index (χ2v) is 10.7. The van der Waals surface area contributed by atoms with E-state index >= 15 is 0 Å². The van der Waals surface area contributed by atoms with Crippen LogP contribution in [0.3, 0.4) is 0 Å². The first-order valence-corrected chi connectivity index (χ1v) is 12.5. The van der Waals surface area contributed by atoms with E-state index < -0.39 is 15.1 Å². The fourth-order valence-corrected chi connectivity index (χ4v) is 4.65. The average molecular weight is 489 g/mol. The maximum atomic E-state index is 12.6.